The number of nitrogens with one attached hydrogen (secondary N) is 2. The van der Waals surface area contributed by atoms with Gasteiger partial charge in [0.05, 0.1) is 11.2 Å². The minimum Gasteiger partial charge on any atom is -0.352 e. The number of urea groups is 1. The summed E-state index contributed by atoms with van der Waals surface area (Å²) in [6, 6.07) is 5.60. The molecule has 3 heterocycles. The Morgan fingerprint density at radius 2 is 1.97 bits per heavy atom. The van der Waals surface area contributed by atoms with Gasteiger partial charge in [-0.2, -0.15) is 0 Å². The van der Waals surface area contributed by atoms with Crippen LogP contribution < -0.4 is 15.5 Å². The Morgan fingerprint density at radius 1 is 1.24 bits per heavy atom. The molecule has 1 saturated heterocycles. The highest BCUT2D eigenvalue weighted by Gasteiger charge is 2.45. The molecule has 13 heteroatoms. The van der Waals surface area contributed by atoms with Crippen molar-refractivity contribution in [1.29, 1.82) is 0 Å². The minimum absolute atomic E-state index is 0.275. The predicted octanol–water partition coefficient (Wildman–Crippen LogP) is 3.30. The molecule has 4 rings (SSSR count). The Labute approximate surface area is 197 Å². The van der Waals surface area contributed by atoms with E-state index in [-0.39, 0.29) is 18.3 Å². The van der Waals surface area contributed by atoms with Gasteiger partial charge in [-0.3, -0.25) is 10.1 Å². The maximum atomic E-state index is 13.2. The van der Waals surface area contributed by atoms with Gasteiger partial charge in [-0.1, -0.05) is 22.9 Å². The van der Waals surface area contributed by atoms with E-state index in [1.165, 1.54) is 34.6 Å². The number of rotatable bonds is 7. The standard InChI is InChI=1S/C20H20ClFN8O2S/c1-20(2)16(31)26-18(32)30(20)9-8-23-17-24-10-13(21)14(25-17)15-27-28-19(33-15)29(3)12-6-4-11(22)5-7-12/h4-7,10H,8-9H2,1-3H3,(H,23,24,25)(H,26,31,32). The molecule has 0 atom stereocenters. The summed E-state index contributed by atoms with van der Waals surface area (Å²) in [7, 11) is 1.80. The maximum absolute atomic E-state index is 13.2. The van der Waals surface area contributed by atoms with Crippen LogP contribution in [-0.4, -0.2) is 62.7 Å². The zero-order valence-corrected chi connectivity index (χ0v) is 19.5. The molecular formula is C20H20ClFN8O2S. The number of carbonyl (C=O) groups excluding carboxylic acids is 2. The summed E-state index contributed by atoms with van der Waals surface area (Å²) >= 11 is 7.57. The average Bonchev–Trinajstić information content (AvgIpc) is 3.33. The number of benzene rings is 1. The third-order valence-electron chi connectivity index (χ3n) is 5.18. The van der Waals surface area contributed by atoms with Crippen molar-refractivity contribution in [2.75, 3.05) is 30.4 Å². The van der Waals surface area contributed by atoms with Crippen molar-refractivity contribution in [1.82, 2.24) is 30.4 Å². The molecule has 0 radical (unpaired) electrons. The van der Waals surface area contributed by atoms with Crippen LogP contribution in [0.5, 0.6) is 0 Å². The number of amides is 3. The van der Waals surface area contributed by atoms with E-state index in [2.05, 4.69) is 30.8 Å². The van der Waals surface area contributed by atoms with Gasteiger partial charge in [-0.15, -0.1) is 10.2 Å². The first-order chi connectivity index (χ1) is 15.7. The van der Waals surface area contributed by atoms with E-state index in [9.17, 15) is 14.0 Å². The average molecular weight is 491 g/mol. The van der Waals surface area contributed by atoms with Crippen molar-refractivity contribution in [2.45, 2.75) is 19.4 Å². The van der Waals surface area contributed by atoms with E-state index >= 15 is 0 Å². The van der Waals surface area contributed by atoms with E-state index in [0.717, 1.165) is 5.69 Å². The Hall–Kier alpha value is -3.38. The second-order valence-electron chi connectivity index (χ2n) is 7.71. The third kappa shape index (κ3) is 4.57. The van der Waals surface area contributed by atoms with E-state index in [4.69, 9.17) is 11.6 Å². The number of anilines is 3. The number of imide groups is 1. The summed E-state index contributed by atoms with van der Waals surface area (Å²) in [5.41, 5.74) is 0.229. The molecule has 0 bridgehead atoms. The lowest BCUT2D eigenvalue weighted by Gasteiger charge is -2.27. The zero-order chi connectivity index (χ0) is 23.8. The Morgan fingerprint density at radius 3 is 2.64 bits per heavy atom. The van der Waals surface area contributed by atoms with Gasteiger partial charge in [0.1, 0.15) is 17.1 Å². The van der Waals surface area contributed by atoms with Crippen molar-refractivity contribution in [3.63, 3.8) is 0 Å². The molecular weight excluding hydrogens is 471 g/mol. The highest BCUT2D eigenvalue weighted by molar-refractivity contribution is 7.18. The summed E-state index contributed by atoms with van der Waals surface area (Å²) in [6.45, 7) is 3.96. The molecule has 0 aliphatic carbocycles. The molecule has 1 aliphatic heterocycles. The summed E-state index contributed by atoms with van der Waals surface area (Å²) in [5, 5.41) is 15.1. The number of halogens is 2. The first-order valence-electron chi connectivity index (χ1n) is 9.89. The molecule has 3 amide bonds. The van der Waals surface area contributed by atoms with Crippen molar-refractivity contribution in [3.8, 4) is 10.7 Å². The molecule has 10 nitrogen and oxygen atoms in total. The summed E-state index contributed by atoms with van der Waals surface area (Å²) in [6.07, 6.45) is 1.45. The molecule has 2 N–H and O–H groups in total. The van der Waals surface area contributed by atoms with Gasteiger partial charge in [-0.25, -0.2) is 19.2 Å². The lowest BCUT2D eigenvalue weighted by atomic mass is 10.0. The van der Waals surface area contributed by atoms with Crippen LogP contribution in [0.15, 0.2) is 30.5 Å². The van der Waals surface area contributed by atoms with E-state index in [0.29, 0.717) is 33.3 Å². The lowest BCUT2D eigenvalue weighted by molar-refractivity contribution is -0.125. The van der Waals surface area contributed by atoms with Crippen LogP contribution >= 0.6 is 22.9 Å². The Bertz CT molecular complexity index is 1200. The summed E-state index contributed by atoms with van der Waals surface area (Å²) < 4.78 is 13.2. The second-order valence-corrected chi connectivity index (χ2v) is 9.08. The Balaban J connectivity index is 1.46. The largest absolute Gasteiger partial charge is 0.352 e. The van der Waals surface area contributed by atoms with Gasteiger partial charge >= 0.3 is 6.03 Å². The van der Waals surface area contributed by atoms with E-state index < -0.39 is 11.6 Å². The molecule has 33 heavy (non-hydrogen) atoms. The topological polar surface area (TPSA) is 116 Å². The van der Waals surface area contributed by atoms with Crippen molar-refractivity contribution in [3.05, 3.63) is 41.3 Å². The molecule has 2 aromatic heterocycles. The monoisotopic (exact) mass is 490 g/mol. The van der Waals surface area contributed by atoms with Gasteiger partial charge in [0.2, 0.25) is 11.1 Å². The fraction of sp³-hybridized carbons (Fsp3) is 0.300. The molecule has 1 aromatic carbocycles. The van der Waals surface area contributed by atoms with Crippen LogP contribution in [0.3, 0.4) is 0 Å². The van der Waals surface area contributed by atoms with Crippen molar-refractivity contribution >= 4 is 51.6 Å². The van der Waals surface area contributed by atoms with Crippen LogP contribution in [0.1, 0.15) is 13.8 Å². The minimum atomic E-state index is -0.926. The van der Waals surface area contributed by atoms with Crippen molar-refractivity contribution in [2.24, 2.45) is 0 Å². The first kappa shape index (κ1) is 22.8. The lowest BCUT2D eigenvalue weighted by Crippen LogP contribution is -2.46. The van der Waals surface area contributed by atoms with Crippen molar-refractivity contribution < 1.29 is 14.0 Å². The number of aromatic nitrogens is 4. The highest BCUT2D eigenvalue weighted by Crippen LogP contribution is 2.34. The third-order valence-corrected chi connectivity index (χ3v) is 6.46. The molecule has 0 unspecified atom stereocenters. The van der Waals surface area contributed by atoms with Gasteiger partial charge < -0.3 is 15.1 Å². The van der Waals surface area contributed by atoms with Gasteiger partial charge in [-0.05, 0) is 38.1 Å². The number of carbonyl (C=O) groups is 2. The number of hydrogen-bond acceptors (Lipinski definition) is 9. The van der Waals surface area contributed by atoms with Crippen LogP contribution in [0.4, 0.5) is 26.0 Å². The highest BCUT2D eigenvalue weighted by atomic mass is 35.5. The number of hydrogen-bond donors (Lipinski definition) is 2. The number of nitrogens with zero attached hydrogens (tertiary/aromatic N) is 6. The quantitative estimate of drug-likeness (QED) is 0.484. The molecule has 1 aliphatic rings. The molecule has 1 fully saturated rings. The molecule has 0 spiro atoms. The Kier molecular flexibility index (Phi) is 6.13. The maximum Gasteiger partial charge on any atom is 0.325 e. The zero-order valence-electron chi connectivity index (χ0n) is 18.0. The fourth-order valence-electron chi connectivity index (χ4n) is 3.18. The second kappa shape index (κ2) is 8.87. The SMILES string of the molecule is CN(c1ccc(F)cc1)c1nnc(-c2nc(NCCN3C(=O)NC(=O)C3(C)C)ncc2Cl)s1. The van der Waals surface area contributed by atoms with Crippen LogP contribution in [-0.2, 0) is 4.79 Å². The van der Waals surface area contributed by atoms with Crippen LogP contribution in [0, 0.1) is 5.82 Å². The first-order valence-corrected chi connectivity index (χ1v) is 11.1. The van der Waals surface area contributed by atoms with Crippen LogP contribution in [0.25, 0.3) is 10.7 Å². The van der Waals surface area contributed by atoms with E-state index in [1.54, 1.807) is 37.9 Å². The molecule has 3 aromatic rings. The van der Waals surface area contributed by atoms with Gasteiger partial charge in [0, 0.05) is 25.8 Å². The molecule has 0 saturated carbocycles. The van der Waals surface area contributed by atoms with Crippen LogP contribution in [0.2, 0.25) is 5.02 Å². The normalized spacial score (nSPS) is 15.0. The summed E-state index contributed by atoms with van der Waals surface area (Å²) in [5.74, 6) is -0.365. The van der Waals surface area contributed by atoms with E-state index in [1.807, 2.05) is 0 Å². The molecule has 172 valence electrons. The fourth-order valence-corrected chi connectivity index (χ4v) is 4.25. The predicted molar refractivity (Wildman–Crippen MR) is 123 cm³/mol. The van der Waals surface area contributed by atoms with Gasteiger partial charge in [0.15, 0.2) is 5.01 Å². The smallest absolute Gasteiger partial charge is 0.325 e. The summed E-state index contributed by atoms with van der Waals surface area (Å²) in [4.78, 5) is 35.7. The van der Waals surface area contributed by atoms with Gasteiger partial charge in [0.25, 0.3) is 5.91 Å².